The van der Waals surface area contributed by atoms with E-state index >= 15 is 0 Å². The molecule has 2 N–H and O–H groups in total. The van der Waals surface area contributed by atoms with Gasteiger partial charge in [0.05, 0.1) is 23.4 Å². The maximum atomic E-state index is 5.85. The summed E-state index contributed by atoms with van der Waals surface area (Å²) in [5.41, 5.74) is 7.23. The van der Waals surface area contributed by atoms with Gasteiger partial charge in [-0.25, -0.2) is 0 Å². The Morgan fingerprint density at radius 3 is 2.69 bits per heavy atom. The fourth-order valence-corrected chi connectivity index (χ4v) is 1.13. The summed E-state index contributed by atoms with van der Waals surface area (Å²) < 4.78 is 5.42. The number of hydrogen-bond acceptors (Lipinski definition) is 2. The first-order chi connectivity index (χ1) is 6.09. The summed E-state index contributed by atoms with van der Waals surface area (Å²) in [5, 5.41) is 0.588. The summed E-state index contributed by atoms with van der Waals surface area (Å²) >= 11 is 5.85. The molecule has 2 nitrogen and oxygen atoms in total. The van der Waals surface area contributed by atoms with Gasteiger partial charge in [0.25, 0.3) is 0 Å². The number of anilines is 1. The van der Waals surface area contributed by atoms with Crippen LogP contribution < -0.4 is 5.73 Å². The number of benzene rings is 1. The van der Waals surface area contributed by atoms with E-state index in [-0.39, 0.29) is 6.10 Å². The van der Waals surface area contributed by atoms with Gasteiger partial charge in [-0.15, -0.1) is 0 Å². The lowest BCUT2D eigenvalue weighted by atomic mass is 10.2. The van der Waals surface area contributed by atoms with Crippen LogP contribution in [0.25, 0.3) is 0 Å². The highest BCUT2D eigenvalue weighted by Crippen LogP contribution is 2.20. The largest absolute Gasteiger partial charge is 0.398 e. The van der Waals surface area contributed by atoms with Crippen LogP contribution in [0.1, 0.15) is 19.4 Å². The molecule has 1 aromatic rings. The highest BCUT2D eigenvalue weighted by atomic mass is 35.5. The van der Waals surface area contributed by atoms with Gasteiger partial charge in [0, 0.05) is 0 Å². The summed E-state index contributed by atoms with van der Waals surface area (Å²) in [6.07, 6.45) is 0.233. The third-order valence-corrected chi connectivity index (χ3v) is 1.98. The van der Waals surface area contributed by atoms with E-state index in [1.807, 2.05) is 26.0 Å². The summed E-state index contributed by atoms with van der Waals surface area (Å²) in [5.74, 6) is 0. The zero-order valence-electron chi connectivity index (χ0n) is 7.88. The molecule has 72 valence electrons. The van der Waals surface area contributed by atoms with Gasteiger partial charge in [-0.2, -0.15) is 0 Å². The maximum Gasteiger partial charge on any atom is 0.0720 e. The topological polar surface area (TPSA) is 35.2 Å². The number of halogens is 1. The van der Waals surface area contributed by atoms with Crippen molar-refractivity contribution < 1.29 is 4.74 Å². The van der Waals surface area contributed by atoms with Crippen molar-refractivity contribution in [3.63, 3.8) is 0 Å². The molecule has 0 bridgehead atoms. The molecule has 1 aromatic carbocycles. The molecule has 0 aliphatic heterocycles. The molecule has 0 radical (unpaired) electrons. The predicted molar refractivity (Wildman–Crippen MR) is 55.8 cm³/mol. The molecule has 0 saturated carbocycles. The fourth-order valence-electron chi connectivity index (χ4n) is 0.923. The normalized spacial score (nSPS) is 10.8. The Hall–Kier alpha value is -0.730. The molecular formula is C10H14ClNO. The molecule has 0 amide bonds. The lowest BCUT2D eigenvalue weighted by molar-refractivity contribution is 0.0657. The van der Waals surface area contributed by atoms with Gasteiger partial charge in [0.2, 0.25) is 0 Å². The minimum Gasteiger partial charge on any atom is -0.398 e. The van der Waals surface area contributed by atoms with Crippen LogP contribution in [0.4, 0.5) is 5.69 Å². The maximum absolute atomic E-state index is 5.85. The van der Waals surface area contributed by atoms with Gasteiger partial charge < -0.3 is 10.5 Å². The Morgan fingerprint density at radius 2 is 2.15 bits per heavy atom. The molecule has 0 aliphatic carbocycles. The van der Waals surface area contributed by atoms with Crippen molar-refractivity contribution in [2.75, 3.05) is 5.73 Å². The molecule has 0 saturated heterocycles. The first-order valence-corrected chi connectivity index (χ1v) is 4.63. The second kappa shape index (κ2) is 4.49. The van der Waals surface area contributed by atoms with Crippen molar-refractivity contribution >= 4 is 17.3 Å². The Balaban J connectivity index is 2.63. The predicted octanol–water partition coefficient (Wildman–Crippen LogP) is 2.85. The molecule has 0 fully saturated rings. The summed E-state index contributed by atoms with van der Waals surface area (Å²) in [6.45, 7) is 4.58. The minimum atomic E-state index is 0.233. The molecule has 0 unspecified atom stereocenters. The van der Waals surface area contributed by atoms with Crippen molar-refractivity contribution in [3.8, 4) is 0 Å². The van der Waals surface area contributed by atoms with Gasteiger partial charge >= 0.3 is 0 Å². The van der Waals surface area contributed by atoms with Crippen molar-refractivity contribution in [1.29, 1.82) is 0 Å². The number of ether oxygens (including phenoxy) is 1. The Labute approximate surface area is 83.6 Å². The fraction of sp³-hybridized carbons (Fsp3) is 0.400. The first kappa shape index (κ1) is 10.4. The van der Waals surface area contributed by atoms with E-state index in [2.05, 4.69) is 0 Å². The lowest BCUT2D eigenvalue weighted by Gasteiger charge is -2.08. The van der Waals surface area contributed by atoms with Gasteiger partial charge in [-0.1, -0.05) is 17.7 Å². The molecule has 3 heteroatoms. The second-order valence-corrected chi connectivity index (χ2v) is 3.62. The van der Waals surface area contributed by atoms with E-state index in [9.17, 15) is 0 Å². The molecule has 0 atom stereocenters. The Morgan fingerprint density at radius 1 is 1.46 bits per heavy atom. The quantitative estimate of drug-likeness (QED) is 0.760. The van der Waals surface area contributed by atoms with Crippen LogP contribution in [0.5, 0.6) is 0 Å². The highest BCUT2D eigenvalue weighted by molar-refractivity contribution is 6.33. The van der Waals surface area contributed by atoms with Crippen LogP contribution in [0, 0.1) is 0 Å². The molecule has 13 heavy (non-hydrogen) atoms. The Bertz CT molecular complexity index is 286. The molecule has 1 rings (SSSR count). The minimum absolute atomic E-state index is 0.233. The van der Waals surface area contributed by atoms with Crippen molar-refractivity contribution in [2.45, 2.75) is 26.6 Å². The molecule has 0 spiro atoms. The van der Waals surface area contributed by atoms with E-state index in [0.29, 0.717) is 17.3 Å². The summed E-state index contributed by atoms with van der Waals surface area (Å²) in [7, 11) is 0. The van der Waals surface area contributed by atoms with Crippen molar-refractivity contribution in [3.05, 3.63) is 28.8 Å². The summed E-state index contributed by atoms with van der Waals surface area (Å²) in [4.78, 5) is 0. The van der Waals surface area contributed by atoms with Gasteiger partial charge in [-0.3, -0.25) is 0 Å². The molecule has 0 aliphatic rings. The molecular weight excluding hydrogens is 186 g/mol. The van der Waals surface area contributed by atoms with E-state index < -0.39 is 0 Å². The van der Waals surface area contributed by atoms with Gasteiger partial charge in [0.15, 0.2) is 0 Å². The van der Waals surface area contributed by atoms with E-state index in [0.717, 1.165) is 5.56 Å². The van der Waals surface area contributed by atoms with Crippen molar-refractivity contribution in [2.24, 2.45) is 0 Å². The standard InChI is InChI=1S/C10H14ClNO/c1-7(2)13-6-8-3-4-10(12)9(11)5-8/h3-5,7H,6,12H2,1-2H3. The SMILES string of the molecule is CC(C)OCc1ccc(N)c(Cl)c1. The van der Waals surface area contributed by atoms with Crippen LogP contribution in [-0.4, -0.2) is 6.10 Å². The van der Waals surface area contributed by atoms with Crippen LogP contribution >= 0.6 is 11.6 Å². The van der Waals surface area contributed by atoms with Gasteiger partial charge in [-0.05, 0) is 31.5 Å². The average Bonchev–Trinajstić information content (AvgIpc) is 2.07. The second-order valence-electron chi connectivity index (χ2n) is 3.22. The molecule has 0 aromatic heterocycles. The Kier molecular flexibility index (Phi) is 3.58. The zero-order chi connectivity index (χ0) is 9.84. The number of nitrogen functional groups attached to an aromatic ring is 1. The first-order valence-electron chi connectivity index (χ1n) is 4.25. The van der Waals surface area contributed by atoms with E-state index in [1.54, 1.807) is 6.07 Å². The van der Waals surface area contributed by atoms with Crippen LogP contribution in [0.15, 0.2) is 18.2 Å². The third kappa shape index (κ3) is 3.25. The highest BCUT2D eigenvalue weighted by Gasteiger charge is 1.99. The number of nitrogens with two attached hydrogens (primary N) is 1. The average molecular weight is 200 g/mol. The van der Waals surface area contributed by atoms with Gasteiger partial charge in [0.1, 0.15) is 0 Å². The zero-order valence-corrected chi connectivity index (χ0v) is 8.64. The smallest absolute Gasteiger partial charge is 0.0720 e. The number of hydrogen-bond donors (Lipinski definition) is 1. The number of rotatable bonds is 3. The van der Waals surface area contributed by atoms with Crippen LogP contribution in [-0.2, 0) is 11.3 Å². The molecule has 0 heterocycles. The van der Waals surface area contributed by atoms with Crippen LogP contribution in [0.3, 0.4) is 0 Å². The monoisotopic (exact) mass is 199 g/mol. The summed E-state index contributed by atoms with van der Waals surface area (Å²) in [6, 6.07) is 5.55. The lowest BCUT2D eigenvalue weighted by Crippen LogP contribution is -2.02. The van der Waals surface area contributed by atoms with Crippen LogP contribution in [0.2, 0.25) is 5.02 Å². The van der Waals surface area contributed by atoms with E-state index in [4.69, 9.17) is 22.1 Å². The van der Waals surface area contributed by atoms with E-state index in [1.165, 1.54) is 0 Å². The third-order valence-electron chi connectivity index (χ3n) is 1.65. The van der Waals surface area contributed by atoms with Crippen molar-refractivity contribution in [1.82, 2.24) is 0 Å².